The molecule has 0 saturated carbocycles. The van der Waals surface area contributed by atoms with Gasteiger partial charge >= 0.3 is 5.51 Å². The number of carbonyl (C=O) groups is 2. The van der Waals surface area contributed by atoms with Gasteiger partial charge in [0.05, 0.1) is 11.2 Å². The highest BCUT2D eigenvalue weighted by Crippen LogP contribution is 2.42. The first-order chi connectivity index (χ1) is 11.8. The Kier molecular flexibility index (Phi) is 5.53. The predicted molar refractivity (Wildman–Crippen MR) is 86.9 cm³/mol. The smallest absolute Gasteiger partial charge is 0.381 e. The van der Waals surface area contributed by atoms with Crippen LogP contribution >= 0.6 is 11.8 Å². The molecular formula is C16H23F3N2O3S. The molecule has 142 valence electrons. The van der Waals surface area contributed by atoms with Crippen LogP contribution in [0.3, 0.4) is 0 Å². The van der Waals surface area contributed by atoms with E-state index in [4.69, 9.17) is 4.74 Å². The van der Waals surface area contributed by atoms with Crippen LogP contribution in [0.5, 0.6) is 0 Å². The zero-order valence-corrected chi connectivity index (χ0v) is 14.8. The second-order valence-corrected chi connectivity index (χ2v) is 8.07. The molecule has 3 heterocycles. The van der Waals surface area contributed by atoms with Crippen LogP contribution < -0.4 is 0 Å². The van der Waals surface area contributed by atoms with Crippen molar-refractivity contribution < 1.29 is 27.5 Å². The van der Waals surface area contributed by atoms with Gasteiger partial charge in [-0.2, -0.15) is 13.2 Å². The Morgan fingerprint density at radius 3 is 2.64 bits per heavy atom. The van der Waals surface area contributed by atoms with Gasteiger partial charge in [0.2, 0.25) is 11.8 Å². The normalized spacial score (nSPS) is 28.8. The lowest BCUT2D eigenvalue weighted by Gasteiger charge is -2.44. The van der Waals surface area contributed by atoms with Crippen LogP contribution in [-0.2, 0) is 14.3 Å². The first kappa shape index (κ1) is 18.8. The van der Waals surface area contributed by atoms with E-state index in [9.17, 15) is 22.8 Å². The van der Waals surface area contributed by atoms with E-state index in [1.165, 1.54) is 4.90 Å². The van der Waals surface area contributed by atoms with Crippen LogP contribution in [0.25, 0.3) is 0 Å². The van der Waals surface area contributed by atoms with Gasteiger partial charge in [0.15, 0.2) is 0 Å². The Morgan fingerprint density at radius 1 is 1.24 bits per heavy atom. The van der Waals surface area contributed by atoms with Crippen molar-refractivity contribution in [3.63, 3.8) is 0 Å². The van der Waals surface area contributed by atoms with Crippen LogP contribution in [0.2, 0.25) is 0 Å². The standard InChI is InChI=1S/C16H23F3N2O3S/c17-16(18,19)25-10-13(22)20-7-5-15(11-20)4-1-6-21(14(15)23)12-2-8-24-9-3-12/h12H,1-11H2/t15-/m0/s1. The van der Waals surface area contributed by atoms with Gasteiger partial charge in [-0.15, -0.1) is 0 Å². The zero-order valence-electron chi connectivity index (χ0n) is 14.0. The molecule has 5 nitrogen and oxygen atoms in total. The van der Waals surface area contributed by atoms with Crippen molar-refractivity contribution in [2.75, 3.05) is 38.6 Å². The summed E-state index contributed by atoms with van der Waals surface area (Å²) in [5.74, 6) is -1.07. The average molecular weight is 380 g/mol. The minimum absolute atomic E-state index is 0.0735. The van der Waals surface area contributed by atoms with E-state index in [-0.39, 0.29) is 30.3 Å². The molecule has 25 heavy (non-hydrogen) atoms. The summed E-state index contributed by atoms with van der Waals surface area (Å²) in [7, 11) is 0. The molecule has 3 saturated heterocycles. The summed E-state index contributed by atoms with van der Waals surface area (Å²) in [6, 6.07) is 0.184. The quantitative estimate of drug-likeness (QED) is 0.754. The van der Waals surface area contributed by atoms with E-state index >= 15 is 0 Å². The lowest BCUT2D eigenvalue weighted by atomic mass is 9.77. The molecule has 0 unspecified atom stereocenters. The van der Waals surface area contributed by atoms with Crippen LogP contribution in [0, 0.1) is 5.41 Å². The minimum Gasteiger partial charge on any atom is -0.381 e. The number of carbonyl (C=O) groups excluding carboxylic acids is 2. The summed E-state index contributed by atoms with van der Waals surface area (Å²) in [5, 5.41) is 0. The van der Waals surface area contributed by atoms with Crippen molar-refractivity contribution in [3.05, 3.63) is 0 Å². The topological polar surface area (TPSA) is 49.9 Å². The number of nitrogens with zero attached hydrogens (tertiary/aromatic N) is 2. The average Bonchev–Trinajstić information content (AvgIpc) is 3.01. The Bertz CT molecular complexity index is 525. The summed E-state index contributed by atoms with van der Waals surface area (Å²) in [6.45, 7) is 2.65. The third-order valence-electron chi connectivity index (χ3n) is 5.47. The molecule has 3 fully saturated rings. The van der Waals surface area contributed by atoms with Gasteiger partial charge in [0.1, 0.15) is 0 Å². The van der Waals surface area contributed by atoms with E-state index in [2.05, 4.69) is 0 Å². The van der Waals surface area contributed by atoms with Crippen molar-refractivity contribution in [2.24, 2.45) is 5.41 Å². The summed E-state index contributed by atoms with van der Waals surface area (Å²) in [6.07, 6.45) is 3.79. The van der Waals surface area contributed by atoms with Crippen molar-refractivity contribution in [1.82, 2.24) is 9.80 Å². The molecule has 0 aromatic heterocycles. The third-order valence-corrected chi connectivity index (χ3v) is 6.18. The maximum atomic E-state index is 13.1. The fraction of sp³-hybridized carbons (Fsp3) is 0.875. The highest BCUT2D eigenvalue weighted by Gasteiger charge is 2.50. The molecule has 0 aliphatic carbocycles. The number of alkyl halides is 3. The summed E-state index contributed by atoms with van der Waals surface area (Å²) < 4.78 is 42.2. The lowest BCUT2D eigenvalue weighted by molar-refractivity contribution is -0.150. The monoisotopic (exact) mass is 380 g/mol. The number of likely N-dealkylation sites (tertiary alicyclic amines) is 2. The molecule has 0 aromatic carbocycles. The van der Waals surface area contributed by atoms with E-state index in [0.29, 0.717) is 32.6 Å². The van der Waals surface area contributed by atoms with Crippen LogP contribution in [0.1, 0.15) is 32.1 Å². The van der Waals surface area contributed by atoms with Crippen molar-refractivity contribution in [3.8, 4) is 0 Å². The Labute approximate surface area is 149 Å². The van der Waals surface area contributed by atoms with E-state index in [1.54, 1.807) is 0 Å². The molecule has 3 rings (SSSR count). The van der Waals surface area contributed by atoms with Gasteiger partial charge in [-0.05, 0) is 43.9 Å². The van der Waals surface area contributed by atoms with Gasteiger partial charge in [-0.25, -0.2) is 0 Å². The molecule has 2 amide bonds. The number of hydrogen-bond donors (Lipinski definition) is 0. The van der Waals surface area contributed by atoms with Crippen molar-refractivity contribution in [1.29, 1.82) is 0 Å². The van der Waals surface area contributed by atoms with Gasteiger partial charge in [0, 0.05) is 38.9 Å². The summed E-state index contributed by atoms with van der Waals surface area (Å²) in [5.41, 5.74) is -5.01. The third kappa shape index (κ3) is 4.24. The second-order valence-electron chi connectivity index (χ2n) is 7.03. The Hall–Kier alpha value is -0.960. The molecule has 3 aliphatic rings. The maximum Gasteiger partial charge on any atom is 0.442 e. The second kappa shape index (κ2) is 7.34. The molecule has 9 heteroatoms. The number of ether oxygens (including phenoxy) is 1. The number of thioether (sulfide) groups is 1. The number of amides is 2. The highest BCUT2D eigenvalue weighted by atomic mass is 32.2. The summed E-state index contributed by atoms with van der Waals surface area (Å²) >= 11 is -0.313. The minimum atomic E-state index is -4.41. The molecule has 0 N–H and O–H groups in total. The van der Waals surface area contributed by atoms with Gasteiger partial charge in [0.25, 0.3) is 0 Å². The summed E-state index contributed by atoms with van der Waals surface area (Å²) in [4.78, 5) is 28.5. The van der Waals surface area contributed by atoms with E-state index in [0.717, 1.165) is 25.8 Å². The van der Waals surface area contributed by atoms with Crippen molar-refractivity contribution in [2.45, 2.75) is 43.7 Å². The first-order valence-electron chi connectivity index (χ1n) is 8.68. The molecule has 1 atom stereocenters. The molecule has 3 aliphatic heterocycles. The zero-order chi connectivity index (χ0) is 18.1. The lowest BCUT2D eigenvalue weighted by Crippen LogP contribution is -2.55. The highest BCUT2D eigenvalue weighted by molar-refractivity contribution is 8.00. The molecule has 0 bridgehead atoms. The number of hydrogen-bond acceptors (Lipinski definition) is 4. The largest absolute Gasteiger partial charge is 0.442 e. The van der Waals surface area contributed by atoms with E-state index < -0.39 is 22.6 Å². The Balaban J connectivity index is 1.62. The number of piperidine rings is 1. The maximum absolute atomic E-state index is 13.1. The van der Waals surface area contributed by atoms with Gasteiger partial charge in [-0.1, -0.05) is 0 Å². The SMILES string of the molecule is O=C(CSC(F)(F)F)N1CC[C@@]2(CCCN(C3CCOCC3)C2=O)C1. The van der Waals surface area contributed by atoms with E-state index in [1.807, 2.05) is 4.90 Å². The molecule has 0 aromatic rings. The fourth-order valence-electron chi connectivity index (χ4n) is 4.14. The fourth-order valence-corrected chi connectivity index (χ4v) is 4.61. The van der Waals surface area contributed by atoms with Crippen LogP contribution in [0.15, 0.2) is 0 Å². The van der Waals surface area contributed by atoms with Gasteiger partial charge in [-0.3, -0.25) is 9.59 Å². The predicted octanol–water partition coefficient (Wildman–Crippen LogP) is 2.26. The molecular weight excluding hydrogens is 357 g/mol. The first-order valence-corrected chi connectivity index (χ1v) is 9.67. The number of rotatable bonds is 3. The number of halogens is 3. The Morgan fingerprint density at radius 2 is 1.96 bits per heavy atom. The van der Waals surface area contributed by atoms with Crippen molar-refractivity contribution >= 4 is 23.6 Å². The molecule has 0 radical (unpaired) electrons. The molecule has 1 spiro atoms. The van der Waals surface area contributed by atoms with Crippen LogP contribution in [-0.4, -0.2) is 71.8 Å². The van der Waals surface area contributed by atoms with Crippen LogP contribution in [0.4, 0.5) is 13.2 Å². The van der Waals surface area contributed by atoms with Gasteiger partial charge < -0.3 is 14.5 Å².